The Morgan fingerprint density at radius 2 is 2.14 bits per heavy atom. The number of hydrogen-bond acceptors (Lipinski definition) is 3. The molecular weight excluding hydrogens is 204 g/mol. The highest BCUT2D eigenvalue weighted by Crippen LogP contribution is 2.27. The third-order valence-corrected chi connectivity index (χ3v) is 2.15. The standard InChI is InChI=1S/C10H9ClO3/c1-6(13)7-3-9(11)8(5-12)10(4-7)14-2/h3-5H,1-2H3. The van der Waals surface area contributed by atoms with E-state index in [0.717, 1.165) is 0 Å². The molecule has 0 aromatic heterocycles. The van der Waals surface area contributed by atoms with Crippen molar-refractivity contribution in [1.29, 1.82) is 0 Å². The molecular formula is C10H9ClO3. The fourth-order valence-corrected chi connectivity index (χ4v) is 1.33. The number of halogens is 1. The van der Waals surface area contributed by atoms with Gasteiger partial charge in [-0.1, -0.05) is 11.6 Å². The van der Waals surface area contributed by atoms with E-state index in [0.29, 0.717) is 17.6 Å². The zero-order valence-electron chi connectivity index (χ0n) is 7.83. The second-order valence-electron chi connectivity index (χ2n) is 2.75. The predicted molar refractivity (Wildman–Crippen MR) is 53.4 cm³/mol. The molecule has 0 N–H and O–H groups in total. The lowest BCUT2D eigenvalue weighted by molar-refractivity contribution is 0.101. The Balaban J connectivity index is 3.38. The normalized spacial score (nSPS) is 9.64. The molecule has 0 unspecified atom stereocenters. The monoisotopic (exact) mass is 212 g/mol. The van der Waals surface area contributed by atoms with Crippen LogP contribution in [0.25, 0.3) is 0 Å². The molecule has 14 heavy (non-hydrogen) atoms. The van der Waals surface area contributed by atoms with Crippen LogP contribution in [0, 0.1) is 0 Å². The number of hydrogen-bond donors (Lipinski definition) is 0. The molecule has 0 fully saturated rings. The molecule has 0 radical (unpaired) electrons. The van der Waals surface area contributed by atoms with Crippen molar-refractivity contribution in [3.63, 3.8) is 0 Å². The zero-order chi connectivity index (χ0) is 10.7. The molecule has 4 heteroatoms. The number of aldehydes is 1. The van der Waals surface area contributed by atoms with Crippen molar-refractivity contribution in [2.75, 3.05) is 7.11 Å². The molecule has 0 heterocycles. The largest absolute Gasteiger partial charge is 0.496 e. The minimum atomic E-state index is -0.123. The first-order chi connectivity index (χ1) is 6.60. The number of benzene rings is 1. The molecule has 0 aliphatic rings. The van der Waals surface area contributed by atoms with Gasteiger partial charge in [-0.2, -0.15) is 0 Å². The second kappa shape index (κ2) is 4.24. The third kappa shape index (κ3) is 1.93. The van der Waals surface area contributed by atoms with Crippen molar-refractivity contribution in [1.82, 2.24) is 0 Å². The summed E-state index contributed by atoms with van der Waals surface area (Å²) in [6.07, 6.45) is 0.602. The Bertz CT molecular complexity index is 385. The molecule has 0 saturated heterocycles. The number of methoxy groups -OCH3 is 1. The van der Waals surface area contributed by atoms with Crippen LogP contribution in [-0.4, -0.2) is 19.2 Å². The van der Waals surface area contributed by atoms with Gasteiger partial charge in [0.1, 0.15) is 5.75 Å². The summed E-state index contributed by atoms with van der Waals surface area (Å²) >= 11 is 5.79. The Kier molecular flexibility index (Phi) is 3.25. The van der Waals surface area contributed by atoms with E-state index in [9.17, 15) is 9.59 Å². The van der Waals surface area contributed by atoms with Gasteiger partial charge in [0.25, 0.3) is 0 Å². The maximum atomic E-state index is 11.1. The SMILES string of the molecule is COc1cc(C(C)=O)cc(Cl)c1C=O. The van der Waals surface area contributed by atoms with Gasteiger partial charge in [-0.3, -0.25) is 9.59 Å². The maximum absolute atomic E-state index is 11.1. The van der Waals surface area contributed by atoms with Crippen molar-refractivity contribution in [2.24, 2.45) is 0 Å². The number of ether oxygens (including phenoxy) is 1. The van der Waals surface area contributed by atoms with Gasteiger partial charge in [-0.05, 0) is 19.1 Å². The van der Waals surface area contributed by atoms with Crippen LogP contribution in [0.5, 0.6) is 5.75 Å². The summed E-state index contributed by atoms with van der Waals surface area (Å²) in [6.45, 7) is 1.42. The van der Waals surface area contributed by atoms with Crippen LogP contribution in [0.2, 0.25) is 5.02 Å². The number of ketones is 1. The van der Waals surface area contributed by atoms with Gasteiger partial charge in [0.15, 0.2) is 12.1 Å². The highest BCUT2D eigenvalue weighted by Gasteiger charge is 2.11. The van der Waals surface area contributed by atoms with Crippen LogP contribution in [0.15, 0.2) is 12.1 Å². The Hall–Kier alpha value is -1.35. The molecule has 3 nitrogen and oxygen atoms in total. The Morgan fingerprint density at radius 3 is 2.57 bits per heavy atom. The lowest BCUT2D eigenvalue weighted by Crippen LogP contribution is -1.97. The van der Waals surface area contributed by atoms with Gasteiger partial charge >= 0.3 is 0 Å². The van der Waals surface area contributed by atoms with E-state index in [1.54, 1.807) is 0 Å². The van der Waals surface area contributed by atoms with Crippen LogP contribution in [0.4, 0.5) is 0 Å². The number of Topliss-reactive ketones (excluding diaryl/α,β-unsaturated/α-hetero) is 1. The van der Waals surface area contributed by atoms with E-state index in [2.05, 4.69) is 0 Å². The third-order valence-electron chi connectivity index (χ3n) is 1.84. The molecule has 0 saturated carbocycles. The first-order valence-corrected chi connectivity index (χ1v) is 4.31. The quantitative estimate of drug-likeness (QED) is 0.571. The first-order valence-electron chi connectivity index (χ1n) is 3.93. The summed E-state index contributed by atoms with van der Waals surface area (Å²) in [5, 5.41) is 0.226. The Labute approximate surface area is 86.6 Å². The van der Waals surface area contributed by atoms with Gasteiger partial charge in [0.2, 0.25) is 0 Å². The molecule has 0 atom stereocenters. The average molecular weight is 213 g/mol. The van der Waals surface area contributed by atoms with Crippen molar-refractivity contribution in [3.05, 3.63) is 28.3 Å². The molecule has 74 valence electrons. The fourth-order valence-electron chi connectivity index (χ4n) is 1.08. The van der Waals surface area contributed by atoms with Crippen LogP contribution in [0.1, 0.15) is 27.6 Å². The van der Waals surface area contributed by atoms with Crippen molar-refractivity contribution < 1.29 is 14.3 Å². The zero-order valence-corrected chi connectivity index (χ0v) is 8.59. The highest BCUT2D eigenvalue weighted by molar-refractivity contribution is 6.33. The smallest absolute Gasteiger partial charge is 0.159 e. The van der Waals surface area contributed by atoms with Crippen LogP contribution < -0.4 is 4.74 Å². The van der Waals surface area contributed by atoms with E-state index in [4.69, 9.17) is 16.3 Å². The van der Waals surface area contributed by atoms with E-state index >= 15 is 0 Å². The summed E-state index contributed by atoms with van der Waals surface area (Å²) in [6, 6.07) is 2.95. The molecule has 1 aromatic carbocycles. The first kappa shape index (κ1) is 10.7. The van der Waals surface area contributed by atoms with Crippen molar-refractivity contribution in [2.45, 2.75) is 6.92 Å². The summed E-state index contributed by atoms with van der Waals surface area (Å²) in [7, 11) is 1.42. The Morgan fingerprint density at radius 1 is 1.50 bits per heavy atom. The van der Waals surface area contributed by atoms with Crippen LogP contribution in [0.3, 0.4) is 0 Å². The van der Waals surface area contributed by atoms with Gasteiger partial charge in [-0.25, -0.2) is 0 Å². The lowest BCUT2D eigenvalue weighted by Gasteiger charge is -2.06. The van der Waals surface area contributed by atoms with E-state index in [1.165, 1.54) is 26.2 Å². The van der Waals surface area contributed by atoms with E-state index in [-0.39, 0.29) is 16.4 Å². The van der Waals surface area contributed by atoms with Crippen LogP contribution in [-0.2, 0) is 0 Å². The van der Waals surface area contributed by atoms with Gasteiger partial charge in [-0.15, -0.1) is 0 Å². The summed E-state index contributed by atoms with van der Waals surface area (Å²) < 4.78 is 4.94. The second-order valence-corrected chi connectivity index (χ2v) is 3.16. The number of carbonyl (C=O) groups is 2. The topological polar surface area (TPSA) is 43.4 Å². The minimum absolute atomic E-state index is 0.123. The van der Waals surface area contributed by atoms with Gasteiger partial charge in [0.05, 0.1) is 17.7 Å². The molecule has 0 bridgehead atoms. The maximum Gasteiger partial charge on any atom is 0.159 e. The lowest BCUT2D eigenvalue weighted by atomic mass is 10.1. The van der Waals surface area contributed by atoms with Crippen molar-refractivity contribution >= 4 is 23.7 Å². The number of carbonyl (C=O) groups excluding carboxylic acids is 2. The number of rotatable bonds is 3. The average Bonchev–Trinajstić information content (AvgIpc) is 2.16. The molecule has 1 aromatic rings. The molecule has 0 spiro atoms. The van der Waals surface area contributed by atoms with Crippen LogP contribution >= 0.6 is 11.6 Å². The molecule has 1 rings (SSSR count). The van der Waals surface area contributed by atoms with Crippen molar-refractivity contribution in [3.8, 4) is 5.75 Å². The predicted octanol–water partition coefficient (Wildman–Crippen LogP) is 2.36. The summed E-state index contributed by atoms with van der Waals surface area (Å²) in [5.74, 6) is 0.195. The minimum Gasteiger partial charge on any atom is -0.496 e. The highest BCUT2D eigenvalue weighted by atomic mass is 35.5. The molecule has 0 aliphatic heterocycles. The van der Waals surface area contributed by atoms with E-state index < -0.39 is 0 Å². The molecule has 0 aliphatic carbocycles. The fraction of sp³-hybridized carbons (Fsp3) is 0.200. The summed E-state index contributed by atoms with van der Waals surface area (Å²) in [4.78, 5) is 21.7. The summed E-state index contributed by atoms with van der Waals surface area (Å²) in [5.41, 5.74) is 0.691. The van der Waals surface area contributed by atoms with Gasteiger partial charge in [0, 0.05) is 5.56 Å². The van der Waals surface area contributed by atoms with Gasteiger partial charge < -0.3 is 4.74 Å². The van der Waals surface area contributed by atoms with E-state index in [1.807, 2.05) is 0 Å². The molecule has 0 amide bonds.